The number of nitrogens with zero attached hydrogens (tertiary/aromatic N) is 1. The van der Waals surface area contributed by atoms with Gasteiger partial charge in [-0.15, -0.1) is 11.8 Å². The first-order valence-corrected chi connectivity index (χ1v) is 7.71. The Labute approximate surface area is 118 Å². The summed E-state index contributed by atoms with van der Waals surface area (Å²) in [7, 11) is 0. The largest absolute Gasteiger partial charge is 0.396 e. The van der Waals surface area contributed by atoms with Crippen molar-refractivity contribution in [3.63, 3.8) is 0 Å². The van der Waals surface area contributed by atoms with Crippen LogP contribution in [0.5, 0.6) is 0 Å². The Balaban J connectivity index is 1.84. The summed E-state index contributed by atoms with van der Waals surface area (Å²) in [6, 6.07) is 7.84. The van der Waals surface area contributed by atoms with Crippen LogP contribution in [0.3, 0.4) is 0 Å². The first-order valence-electron chi connectivity index (χ1n) is 6.48. The van der Waals surface area contributed by atoms with E-state index in [9.17, 15) is 4.79 Å². The Hall–Kier alpha value is -1.04. The van der Waals surface area contributed by atoms with Gasteiger partial charge < -0.3 is 10.4 Å². The van der Waals surface area contributed by atoms with Crippen LogP contribution in [-0.4, -0.2) is 48.4 Å². The van der Waals surface area contributed by atoms with E-state index in [1.165, 1.54) is 0 Å². The molecule has 1 saturated heterocycles. The molecule has 1 amide bonds. The number of carbonyl (C=O) groups excluding carboxylic acids is 1. The summed E-state index contributed by atoms with van der Waals surface area (Å²) in [5.41, 5.74) is 0.842. The molecule has 1 atom stereocenters. The zero-order valence-corrected chi connectivity index (χ0v) is 11.9. The average molecular weight is 280 g/mol. The number of carbonyl (C=O) groups is 1. The second kappa shape index (κ2) is 6.93. The summed E-state index contributed by atoms with van der Waals surface area (Å²) >= 11 is 1.66. The number of thioether (sulfide) groups is 1. The first kappa shape index (κ1) is 14.4. The molecular weight excluding hydrogens is 260 g/mol. The number of benzene rings is 1. The van der Waals surface area contributed by atoms with E-state index in [0.717, 1.165) is 30.1 Å². The molecule has 2 N–H and O–H groups in total. The Bertz CT molecular complexity index is 439. The normalized spacial score (nSPS) is 19.6. The number of nitrogens with one attached hydrogen (secondary N) is 1. The van der Waals surface area contributed by atoms with Crippen molar-refractivity contribution in [2.45, 2.75) is 11.3 Å². The van der Waals surface area contributed by atoms with Crippen molar-refractivity contribution in [2.75, 3.05) is 37.8 Å². The number of aliphatic hydroxyl groups excluding tert-OH is 1. The molecule has 19 heavy (non-hydrogen) atoms. The Morgan fingerprint density at radius 3 is 3.11 bits per heavy atom. The molecule has 0 aliphatic carbocycles. The van der Waals surface area contributed by atoms with Crippen LogP contribution in [0.15, 0.2) is 29.2 Å². The molecule has 1 aromatic carbocycles. The Morgan fingerprint density at radius 2 is 2.42 bits per heavy atom. The molecule has 2 rings (SSSR count). The highest BCUT2D eigenvalue weighted by Crippen LogP contribution is 2.19. The number of anilines is 1. The molecule has 0 aromatic heterocycles. The maximum Gasteiger partial charge on any atom is 0.238 e. The van der Waals surface area contributed by atoms with Crippen LogP contribution in [0.2, 0.25) is 0 Å². The van der Waals surface area contributed by atoms with E-state index in [1.807, 2.05) is 30.5 Å². The molecule has 0 saturated carbocycles. The van der Waals surface area contributed by atoms with Gasteiger partial charge in [-0.25, -0.2) is 0 Å². The van der Waals surface area contributed by atoms with E-state index in [4.69, 9.17) is 5.11 Å². The van der Waals surface area contributed by atoms with Gasteiger partial charge in [0.1, 0.15) is 0 Å². The molecular formula is C14H20N2O2S. The molecule has 1 aliphatic heterocycles. The summed E-state index contributed by atoms with van der Waals surface area (Å²) in [6.07, 6.45) is 2.99. The van der Waals surface area contributed by atoms with Gasteiger partial charge in [-0.3, -0.25) is 9.69 Å². The molecule has 1 fully saturated rings. The van der Waals surface area contributed by atoms with Gasteiger partial charge >= 0.3 is 0 Å². The molecule has 4 nitrogen and oxygen atoms in total. The molecule has 1 aliphatic rings. The van der Waals surface area contributed by atoms with Gasteiger partial charge in [0.05, 0.1) is 6.54 Å². The minimum atomic E-state index is 0.0110. The second-order valence-corrected chi connectivity index (χ2v) is 5.73. The zero-order chi connectivity index (χ0) is 13.7. The second-order valence-electron chi connectivity index (χ2n) is 4.85. The van der Waals surface area contributed by atoms with Crippen molar-refractivity contribution in [1.82, 2.24) is 4.90 Å². The number of rotatable bonds is 5. The lowest BCUT2D eigenvalue weighted by Gasteiger charge is -2.15. The predicted octanol–water partition coefficient (Wildman–Crippen LogP) is 1.66. The van der Waals surface area contributed by atoms with Gasteiger partial charge in [-0.1, -0.05) is 6.07 Å². The summed E-state index contributed by atoms with van der Waals surface area (Å²) < 4.78 is 0. The summed E-state index contributed by atoms with van der Waals surface area (Å²) in [6.45, 7) is 2.33. The molecule has 1 unspecified atom stereocenters. The van der Waals surface area contributed by atoms with Crippen LogP contribution in [0, 0.1) is 5.92 Å². The van der Waals surface area contributed by atoms with Crippen LogP contribution in [0.25, 0.3) is 0 Å². The van der Waals surface area contributed by atoms with Crippen molar-refractivity contribution in [2.24, 2.45) is 5.92 Å². The predicted molar refractivity (Wildman–Crippen MR) is 78.5 cm³/mol. The van der Waals surface area contributed by atoms with Crippen molar-refractivity contribution < 1.29 is 9.90 Å². The number of hydrogen-bond acceptors (Lipinski definition) is 4. The van der Waals surface area contributed by atoms with Crippen molar-refractivity contribution >= 4 is 23.4 Å². The molecule has 104 valence electrons. The highest BCUT2D eigenvalue weighted by atomic mass is 32.2. The standard InChI is InChI=1S/C14H20N2O2S/c1-19-13-4-2-3-12(7-13)15-14(18)9-16-6-5-11(8-16)10-17/h2-4,7,11,17H,5-6,8-10H2,1H3,(H,15,18). The van der Waals surface area contributed by atoms with E-state index in [1.54, 1.807) is 11.8 Å². The number of likely N-dealkylation sites (tertiary alicyclic amines) is 1. The van der Waals surface area contributed by atoms with E-state index in [2.05, 4.69) is 10.2 Å². The first-order chi connectivity index (χ1) is 9.21. The van der Waals surface area contributed by atoms with Crippen LogP contribution in [-0.2, 0) is 4.79 Å². The fraction of sp³-hybridized carbons (Fsp3) is 0.500. The third-order valence-electron chi connectivity index (χ3n) is 3.35. The molecule has 0 spiro atoms. The quantitative estimate of drug-likeness (QED) is 0.806. The number of hydrogen-bond donors (Lipinski definition) is 2. The summed E-state index contributed by atoms with van der Waals surface area (Å²) in [5.74, 6) is 0.337. The van der Waals surface area contributed by atoms with Gasteiger partial charge in [-0.05, 0) is 43.3 Å². The Kier molecular flexibility index (Phi) is 5.24. The van der Waals surface area contributed by atoms with E-state index < -0.39 is 0 Å². The lowest BCUT2D eigenvalue weighted by Crippen LogP contribution is -2.31. The van der Waals surface area contributed by atoms with Crippen molar-refractivity contribution in [3.8, 4) is 0 Å². The Morgan fingerprint density at radius 1 is 1.58 bits per heavy atom. The number of amides is 1. The van der Waals surface area contributed by atoms with E-state index >= 15 is 0 Å². The number of aliphatic hydroxyl groups is 1. The summed E-state index contributed by atoms with van der Waals surface area (Å²) in [5, 5.41) is 12.0. The minimum absolute atomic E-state index is 0.0110. The molecule has 1 aromatic rings. The SMILES string of the molecule is CSc1cccc(NC(=O)CN2CCC(CO)C2)c1. The highest BCUT2D eigenvalue weighted by Gasteiger charge is 2.23. The van der Waals surface area contributed by atoms with E-state index in [0.29, 0.717) is 12.5 Å². The van der Waals surface area contributed by atoms with Crippen LogP contribution >= 0.6 is 11.8 Å². The fourth-order valence-corrected chi connectivity index (χ4v) is 2.77. The van der Waals surface area contributed by atoms with Crippen LogP contribution < -0.4 is 5.32 Å². The van der Waals surface area contributed by atoms with Gasteiger partial charge in [0.15, 0.2) is 0 Å². The molecule has 0 radical (unpaired) electrons. The lowest BCUT2D eigenvalue weighted by molar-refractivity contribution is -0.117. The fourth-order valence-electron chi connectivity index (χ4n) is 2.31. The van der Waals surface area contributed by atoms with Crippen molar-refractivity contribution in [3.05, 3.63) is 24.3 Å². The minimum Gasteiger partial charge on any atom is -0.396 e. The summed E-state index contributed by atoms with van der Waals surface area (Å²) in [4.78, 5) is 15.2. The molecule has 0 bridgehead atoms. The van der Waals surface area contributed by atoms with Gasteiger partial charge in [0, 0.05) is 23.7 Å². The van der Waals surface area contributed by atoms with Gasteiger partial charge in [-0.2, -0.15) is 0 Å². The third-order valence-corrected chi connectivity index (χ3v) is 4.07. The topological polar surface area (TPSA) is 52.6 Å². The lowest BCUT2D eigenvalue weighted by atomic mass is 10.1. The highest BCUT2D eigenvalue weighted by molar-refractivity contribution is 7.98. The van der Waals surface area contributed by atoms with Gasteiger partial charge in [0.25, 0.3) is 0 Å². The molecule has 5 heteroatoms. The maximum atomic E-state index is 11.9. The monoisotopic (exact) mass is 280 g/mol. The maximum absolute atomic E-state index is 11.9. The van der Waals surface area contributed by atoms with E-state index in [-0.39, 0.29) is 12.5 Å². The third kappa shape index (κ3) is 4.23. The zero-order valence-electron chi connectivity index (χ0n) is 11.1. The van der Waals surface area contributed by atoms with Crippen molar-refractivity contribution in [1.29, 1.82) is 0 Å². The smallest absolute Gasteiger partial charge is 0.238 e. The van der Waals surface area contributed by atoms with Crippen LogP contribution in [0.1, 0.15) is 6.42 Å². The molecule has 1 heterocycles. The average Bonchev–Trinajstić information content (AvgIpc) is 2.86. The van der Waals surface area contributed by atoms with Gasteiger partial charge in [0.2, 0.25) is 5.91 Å². The van der Waals surface area contributed by atoms with Crippen LogP contribution in [0.4, 0.5) is 5.69 Å².